The molecule has 4 rings (SSSR count). The molecule has 13 heteroatoms. The molecule has 0 aliphatic carbocycles. The van der Waals surface area contributed by atoms with Crippen molar-refractivity contribution in [2.45, 2.75) is 19.3 Å². The van der Waals surface area contributed by atoms with Gasteiger partial charge in [-0.05, 0) is 25.5 Å². The van der Waals surface area contributed by atoms with Crippen molar-refractivity contribution < 1.29 is 112 Å². The molecular formula is C32H41CsN3O9+. The van der Waals surface area contributed by atoms with Crippen LogP contribution in [0.4, 0.5) is 11.4 Å². The van der Waals surface area contributed by atoms with Gasteiger partial charge in [0.1, 0.15) is 0 Å². The number of nitro groups is 1. The standard InChI is InChI=1S/C32H41N3O9.Cs/c1-32(2)27-5-3-4-6-28(27)34(30(32)10-7-25-23-26(35(38)39)8-9-29(25)36)24-31(37)33-11-13-40-15-17-42-19-21-44-22-20-43-18-16-41-14-12-33;/h3-10,23H,11-22,24H2,1-2H3;/q;+1. The number of allylic oxidation sites excluding steroid dienone is 1. The molecule has 1 amide bonds. The van der Waals surface area contributed by atoms with Gasteiger partial charge in [-0.15, -0.1) is 5.75 Å². The normalized spacial score (nSPS) is 18.9. The molecule has 0 atom stereocenters. The zero-order valence-corrected chi connectivity index (χ0v) is 32.7. The molecule has 2 aliphatic rings. The summed E-state index contributed by atoms with van der Waals surface area (Å²) in [7, 11) is 0. The van der Waals surface area contributed by atoms with E-state index in [-0.39, 0.29) is 98.3 Å². The van der Waals surface area contributed by atoms with Gasteiger partial charge in [-0.3, -0.25) is 14.9 Å². The Morgan fingerprint density at radius 3 is 1.96 bits per heavy atom. The molecule has 0 unspecified atom stereocenters. The molecule has 2 aliphatic heterocycles. The summed E-state index contributed by atoms with van der Waals surface area (Å²) in [5.41, 5.74) is 2.26. The smallest absolute Gasteiger partial charge is 0.872 e. The van der Waals surface area contributed by atoms with Crippen molar-refractivity contribution in [1.82, 2.24) is 4.90 Å². The van der Waals surface area contributed by atoms with Crippen LogP contribution in [0.25, 0.3) is 6.08 Å². The Morgan fingerprint density at radius 2 is 1.40 bits per heavy atom. The van der Waals surface area contributed by atoms with Gasteiger partial charge in [-0.2, -0.15) is 4.58 Å². The molecule has 2 heterocycles. The molecule has 0 radical (unpaired) electrons. The van der Waals surface area contributed by atoms with Crippen molar-refractivity contribution in [3.05, 3.63) is 69.8 Å². The third-order valence-electron chi connectivity index (χ3n) is 7.57. The predicted molar refractivity (Wildman–Crippen MR) is 162 cm³/mol. The number of amides is 1. The summed E-state index contributed by atoms with van der Waals surface area (Å²) in [6, 6.07) is 11.5. The fraction of sp³-hybridized carbons (Fsp3) is 0.500. The molecule has 0 saturated carbocycles. The Balaban J connectivity index is 0.00000552. The monoisotopic (exact) mass is 744 g/mol. The number of hydrogen-bond acceptors (Lipinski definition) is 9. The number of ether oxygens (including phenoxy) is 5. The summed E-state index contributed by atoms with van der Waals surface area (Å²) >= 11 is 0. The number of nitrogens with zero attached hydrogens (tertiary/aromatic N) is 3. The summed E-state index contributed by atoms with van der Waals surface area (Å²) in [6.45, 7) is 9.13. The maximum atomic E-state index is 13.8. The van der Waals surface area contributed by atoms with Crippen LogP contribution in [0.1, 0.15) is 25.0 Å². The largest absolute Gasteiger partial charge is 1.00 e. The average molecular weight is 745 g/mol. The fourth-order valence-electron chi connectivity index (χ4n) is 5.19. The van der Waals surface area contributed by atoms with E-state index in [4.69, 9.17) is 23.7 Å². The molecule has 0 bridgehead atoms. The van der Waals surface area contributed by atoms with E-state index < -0.39 is 10.3 Å². The molecule has 0 spiro atoms. The quantitative estimate of drug-likeness (QED) is 0.230. The van der Waals surface area contributed by atoms with Crippen LogP contribution < -0.4 is 74.0 Å². The maximum Gasteiger partial charge on any atom is 1.00 e. The second kappa shape index (κ2) is 19.3. The van der Waals surface area contributed by atoms with E-state index in [2.05, 4.69) is 13.8 Å². The minimum atomic E-state index is -0.529. The number of hydrogen-bond donors (Lipinski definition) is 0. The van der Waals surface area contributed by atoms with Crippen molar-refractivity contribution in [3.8, 4) is 5.75 Å². The number of carbonyl (C=O) groups is 1. The van der Waals surface area contributed by atoms with E-state index in [1.54, 1.807) is 17.1 Å². The Bertz CT molecular complexity index is 1330. The van der Waals surface area contributed by atoms with Gasteiger partial charge in [-0.1, -0.05) is 24.3 Å². The molecule has 2 aromatic carbocycles. The van der Waals surface area contributed by atoms with Crippen molar-refractivity contribution >= 4 is 29.1 Å². The van der Waals surface area contributed by atoms with Crippen LogP contribution in [-0.2, 0) is 33.9 Å². The number of fused-ring (bicyclic) bond motifs is 1. The van der Waals surface area contributed by atoms with E-state index >= 15 is 0 Å². The van der Waals surface area contributed by atoms with Crippen LogP contribution in [0.3, 0.4) is 0 Å². The molecule has 0 N–H and O–H groups in total. The Hall–Kier alpha value is -1.63. The molecule has 0 aromatic heterocycles. The van der Waals surface area contributed by atoms with Crippen molar-refractivity contribution in [2.75, 3.05) is 85.7 Å². The van der Waals surface area contributed by atoms with Crippen LogP contribution in [-0.4, -0.2) is 112 Å². The van der Waals surface area contributed by atoms with Crippen molar-refractivity contribution in [2.24, 2.45) is 0 Å². The third-order valence-corrected chi connectivity index (χ3v) is 7.57. The first-order valence-corrected chi connectivity index (χ1v) is 14.8. The number of non-ortho nitro benzene ring substituents is 1. The first-order valence-electron chi connectivity index (χ1n) is 14.8. The van der Waals surface area contributed by atoms with Crippen molar-refractivity contribution in [1.29, 1.82) is 0 Å². The summed E-state index contributed by atoms with van der Waals surface area (Å²) < 4.78 is 29.9. The number of benzene rings is 2. The molecule has 2 aromatic rings. The number of rotatable bonds is 5. The van der Waals surface area contributed by atoms with Gasteiger partial charge in [0.15, 0.2) is 5.71 Å². The zero-order valence-electron chi connectivity index (χ0n) is 26.4. The molecule has 12 nitrogen and oxygen atoms in total. The first-order chi connectivity index (χ1) is 21.3. The van der Waals surface area contributed by atoms with Gasteiger partial charge in [0.2, 0.25) is 12.2 Å². The van der Waals surface area contributed by atoms with Crippen LogP contribution >= 0.6 is 0 Å². The van der Waals surface area contributed by atoms with Gasteiger partial charge in [0.05, 0.1) is 76.4 Å². The van der Waals surface area contributed by atoms with E-state index in [0.717, 1.165) is 17.0 Å². The Morgan fingerprint density at radius 1 is 0.867 bits per heavy atom. The van der Waals surface area contributed by atoms with Gasteiger partial charge in [0, 0.05) is 42.9 Å². The number of para-hydroxylation sites is 1. The molecule has 1 fully saturated rings. The van der Waals surface area contributed by atoms with Crippen molar-refractivity contribution in [3.63, 3.8) is 0 Å². The number of nitro benzene ring substituents is 1. The molecule has 45 heavy (non-hydrogen) atoms. The molecule has 1 saturated heterocycles. The SMILES string of the molecule is CC1(C)C(/C=C/c2cc([N+](=O)[O-])ccc2[O-])=[N+](CC(=O)N2CCOCCOCCOCCOCCOCC2)c2ccccc21.[Cs+]. The third kappa shape index (κ3) is 11.0. The maximum absolute atomic E-state index is 13.8. The molecule has 238 valence electrons. The zero-order chi connectivity index (χ0) is 31.4. The second-order valence-electron chi connectivity index (χ2n) is 10.9. The van der Waals surface area contributed by atoms with Crippen LogP contribution in [0.2, 0.25) is 0 Å². The average Bonchev–Trinajstić information content (AvgIpc) is 3.21. The van der Waals surface area contributed by atoms with Crippen LogP contribution in [0.15, 0.2) is 48.5 Å². The molecular weight excluding hydrogens is 703 g/mol. The van der Waals surface area contributed by atoms with Crippen LogP contribution in [0.5, 0.6) is 5.75 Å². The Labute approximate surface area is 322 Å². The summed E-state index contributed by atoms with van der Waals surface area (Å²) in [5.74, 6) is -0.439. The Kier molecular flexibility index (Phi) is 16.2. The first kappa shape index (κ1) is 37.8. The van der Waals surface area contributed by atoms with Gasteiger partial charge >= 0.3 is 68.9 Å². The summed E-state index contributed by atoms with van der Waals surface area (Å²) in [6.07, 6.45) is 3.37. The van der Waals surface area contributed by atoms with E-state index in [9.17, 15) is 20.0 Å². The van der Waals surface area contributed by atoms with E-state index in [0.29, 0.717) is 79.2 Å². The van der Waals surface area contributed by atoms with E-state index in [1.807, 2.05) is 28.8 Å². The minimum absolute atomic E-state index is 0. The van der Waals surface area contributed by atoms with Gasteiger partial charge < -0.3 is 33.7 Å². The summed E-state index contributed by atoms with van der Waals surface area (Å²) in [4.78, 5) is 26.3. The van der Waals surface area contributed by atoms with Crippen LogP contribution in [0, 0.1) is 10.1 Å². The second-order valence-corrected chi connectivity index (χ2v) is 10.9. The predicted octanol–water partition coefficient (Wildman–Crippen LogP) is -0.313. The minimum Gasteiger partial charge on any atom is -0.872 e. The number of carbonyl (C=O) groups excluding carboxylic acids is 1. The van der Waals surface area contributed by atoms with Gasteiger partial charge in [-0.25, -0.2) is 0 Å². The van der Waals surface area contributed by atoms with Gasteiger partial charge in [0.25, 0.3) is 11.6 Å². The summed E-state index contributed by atoms with van der Waals surface area (Å²) in [5, 5.41) is 23.8. The van der Waals surface area contributed by atoms with E-state index in [1.165, 1.54) is 18.2 Å². The topological polar surface area (TPSA) is 136 Å². The fourth-order valence-corrected chi connectivity index (χ4v) is 5.19.